The van der Waals surface area contributed by atoms with E-state index in [0.29, 0.717) is 12.6 Å². The van der Waals surface area contributed by atoms with Gasteiger partial charge in [0, 0.05) is 11.7 Å². The zero-order chi connectivity index (χ0) is 26.5. The molecule has 0 bridgehead atoms. The van der Waals surface area contributed by atoms with E-state index < -0.39 is 5.54 Å². The van der Waals surface area contributed by atoms with Crippen molar-refractivity contribution in [3.63, 3.8) is 0 Å². The van der Waals surface area contributed by atoms with Crippen LogP contribution in [0.2, 0.25) is 0 Å². The Morgan fingerprint density at radius 1 is 0.744 bits per heavy atom. The summed E-state index contributed by atoms with van der Waals surface area (Å²) in [5.74, 6) is 1.03. The topological polar surface area (TPSA) is 41.9 Å². The summed E-state index contributed by atoms with van der Waals surface area (Å²) in [6.07, 6.45) is 10.7. The summed E-state index contributed by atoms with van der Waals surface area (Å²) in [6.45, 7) is 0.583. The molecule has 0 atom stereocenters. The van der Waals surface area contributed by atoms with Crippen molar-refractivity contribution in [3.05, 3.63) is 125 Å². The van der Waals surface area contributed by atoms with Gasteiger partial charge in [0.1, 0.15) is 11.4 Å². The predicted molar refractivity (Wildman–Crippen MR) is 163 cm³/mol. The fourth-order valence-corrected chi connectivity index (χ4v) is 6.92. The van der Waals surface area contributed by atoms with E-state index in [1.165, 1.54) is 73.0 Å². The van der Waals surface area contributed by atoms with E-state index >= 15 is 0 Å². The maximum atomic E-state index is 5.80. The van der Waals surface area contributed by atoms with E-state index in [2.05, 4.69) is 106 Å². The molecule has 1 aromatic heterocycles. The lowest BCUT2D eigenvalue weighted by atomic mass is 9.76. The molecule has 0 amide bonds. The maximum Gasteiger partial charge on any atom is 0.166 e. The van der Waals surface area contributed by atoms with Crippen LogP contribution in [0.5, 0.6) is 0 Å². The molecule has 5 heteroatoms. The Labute approximate surface area is 237 Å². The van der Waals surface area contributed by atoms with Crippen LogP contribution in [0.3, 0.4) is 0 Å². The van der Waals surface area contributed by atoms with Crippen molar-refractivity contribution in [3.8, 4) is 0 Å². The number of fused-ring (bicyclic) bond motifs is 1. The van der Waals surface area contributed by atoms with Crippen molar-refractivity contribution >= 4 is 17.3 Å². The molecule has 2 aliphatic carbocycles. The highest BCUT2D eigenvalue weighted by Gasteiger charge is 2.42. The van der Waals surface area contributed by atoms with Crippen LogP contribution in [-0.2, 0) is 24.9 Å². The van der Waals surface area contributed by atoms with Gasteiger partial charge in [0.25, 0.3) is 0 Å². The first-order chi connectivity index (χ1) is 19.3. The number of benzene rings is 3. The fourth-order valence-electron chi connectivity index (χ4n) is 6.68. The quantitative estimate of drug-likeness (QED) is 0.200. The minimum Gasteiger partial charge on any atom is -0.360 e. The first kappa shape index (κ1) is 25.8. The number of nitrogens with one attached hydrogen (secondary N) is 2. The Hall–Kier alpha value is -3.44. The monoisotopic (exact) mass is 534 g/mol. The SMILES string of the molecule is S=C(NCc1nc2c(n1C(c1ccccc1)(c1ccccc1)c1ccccc1)CCCC2)NC1CCCCC1. The van der Waals surface area contributed by atoms with Crippen molar-refractivity contribution in [2.45, 2.75) is 75.9 Å². The molecule has 200 valence electrons. The Morgan fingerprint density at radius 3 is 1.85 bits per heavy atom. The fraction of sp³-hybridized carbons (Fsp3) is 0.353. The van der Waals surface area contributed by atoms with E-state index in [1.807, 2.05) is 0 Å². The zero-order valence-corrected chi connectivity index (χ0v) is 23.4. The Kier molecular flexibility index (Phi) is 7.78. The molecule has 0 unspecified atom stereocenters. The van der Waals surface area contributed by atoms with E-state index in [4.69, 9.17) is 17.2 Å². The van der Waals surface area contributed by atoms with Gasteiger partial charge >= 0.3 is 0 Å². The second-order valence-electron chi connectivity index (χ2n) is 10.9. The Balaban J connectivity index is 1.50. The lowest BCUT2D eigenvalue weighted by Crippen LogP contribution is -2.44. The molecule has 2 aliphatic rings. The van der Waals surface area contributed by atoms with Gasteiger partial charge in [0.2, 0.25) is 0 Å². The first-order valence-electron chi connectivity index (χ1n) is 14.6. The van der Waals surface area contributed by atoms with Gasteiger partial charge in [-0.3, -0.25) is 0 Å². The molecule has 6 rings (SSSR count). The van der Waals surface area contributed by atoms with Crippen LogP contribution in [0.1, 0.15) is 78.8 Å². The molecule has 3 aromatic carbocycles. The lowest BCUT2D eigenvalue weighted by Gasteiger charge is -2.40. The van der Waals surface area contributed by atoms with Gasteiger partial charge in [-0.2, -0.15) is 0 Å². The number of hydrogen-bond donors (Lipinski definition) is 2. The van der Waals surface area contributed by atoms with Crippen molar-refractivity contribution in [1.29, 1.82) is 0 Å². The predicted octanol–water partition coefficient (Wildman–Crippen LogP) is 6.90. The highest BCUT2D eigenvalue weighted by Crippen LogP contribution is 2.44. The van der Waals surface area contributed by atoms with E-state index in [0.717, 1.165) is 23.8 Å². The molecule has 0 radical (unpaired) electrons. The van der Waals surface area contributed by atoms with Gasteiger partial charge in [0.15, 0.2) is 5.11 Å². The van der Waals surface area contributed by atoms with E-state index in [9.17, 15) is 0 Å². The Bertz CT molecular complexity index is 1280. The third kappa shape index (κ3) is 5.12. The molecule has 39 heavy (non-hydrogen) atoms. The molecule has 4 nitrogen and oxygen atoms in total. The minimum absolute atomic E-state index is 0.476. The summed E-state index contributed by atoms with van der Waals surface area (Å²) in [4.78, 5) is 5.33. The third-order valence-electron chi connectivity index (χ3n) is 8.46. The van der Waals surface area contributed by atoms with Gasteiger partial charge in [-0.05, 0) is 67.4 Å². The number of rotatable bonds is 7. The number of aromatic nitrogens is 2. The van der Waals surface area contributed by atoms with Gasteiger partial charge < -0.3 is 15.2 Å². The molecule has 4 aromatic rings. The molecule has 0 saturated heterocycles. The van der Waals surface area contributed by atoms with Crippen molar-refractivity contribution in [1.82, 2.24) is 20.2 Å². The average molecular weight is 535 g/mol. The number of nitrogens with zero attached hydrogens (tertiary/aromatic N) is 2. The van der Waals surface area contributed by atoms with Crippen LogP contribution in [0.15, 0.2) is 91.0 Å². The second kappa shape index (κ2) is 11.7. The highest BCUT2D eigenvalue weighted by molar-refractivity contribution is 7.80. The number of aryl methyl sites for hydroxylation is 1. The van der Waals surface area contributed by atoms with Crippen molar-refractivity contribution in [2.24, 2.45) is 0 Å². The molecular formula is C34H38N4S. The molecule has 2 N–H and O–H groups in total. The van der Waals surface area contributed by atoms with Crippen LogP contribution < -0.4 is 10.6 Å². The summed E-state index contributed by atoms with van der Waals surface area (Å²) in [7, 11) is 0. The van der Waals surface area contributed by atoms with E-state index in [-0.39, 0.29) is 0 Å². The minimum atomic E-state index is -0.558. The Morgan fingerprint density at radius 2 is 1.28 bits per heavy atom. The highest BCUT2D eigenvalue weighted by atomic mass is 32.1. The summed E-state index contributed by atoms with van der Waals surface area (Å²) >= 11 is 5.80. The molecule has 0 spiro atoms. The van der Waals surface area contributed by atoms with Crippen LogP contribution in [0, 0.1) is 0 Å². The maximum absolute atomic E-state index is 5.80. The number of imidazole rings is 1. The number of hydrogen-bond acceptors (Lipinski definition) is 2. The third-order valence-corrected chi connectivity index (χ3v) is 8.72. The van der Waals surface area contributed by atoms with Crippen molar-refractivity contribution in [2.75, 3.05) is 0 Å². The lowest BCUT2D eigenvalue weighted by molar-refractivity contribution is 0.411. The summed E-state index contributed by atoms with van der Waals surface area (Å²) in [5.41, 5.74) is 5.72. The standard InChI is InChI=1S/C34H38N4S/c39-33(36-29-21-11-4-12-22-29)35-25-32-37-30-23-13-14-24-31(30)38(32)34(26-15-5-1-6-16-26,27-17-7-2-8-18-27)28-19-9-3-10-20-28/h1-3,5-10,15-20,29H,4,11-14,21-25H2,(H2,35,36,39). The van der Waals surface area contributed by atoms with Crippen LogP contribution in [-0.4, -0.2) is 20.7 Å². The molecular weight excluding hydrogens is 496 g/mol. The number of thiocarbonyl (C=S) groups is 1. The van der Waals surface area contributed by atoms with Gasteiger partial charge in [-0.1, -0.05) is 110 Å². The van der Waals surface area contributed by atoms with Crippen molar-refractivity contribution < 1.29 is 0 Å². The zero-order valence-electron chi connectivity index (χ0n) is 22.6. The first-order valence-corrected chi connectivity index (χ1v) is 15.0. The molecule has 1 heterocycles. The van der Waals surface area contributed by atoms with Crippen LogP contribution in [0.4, 0.5) is 0 Å². The normalized spacial score (nSPS) is 15.9. The van der Waals surface area contributed by atoms with Gasteiger partial charge in [-0.25, -0.2) is 4.98 Å². The summed E-state index contributed by atoms with van der Waals surface area (Å²) < 4.78 is 2.55. The largest absolute Gasteiger partial charge is 0.360 e. The molecule has 1 saturated carbocycles. The van der Waals surface area contributed by atoms with Crippen LogP contribution in [0.25, 0.3) is 0 Å². The molecule has 1 fully saturated rings. The van der Waals surface area contributed by atoms with Gasteiger partial charge in [-0.15, -0.1) is 0 Å². The smallest absolute Gasteiger partial charge is 0.166 e. The van der Waals surface area contributed by atoms with Gasteiger partial charge in [0.05, 0.1) is 12.2 Å². The average Bonchev–Trinajstić information content (AvgIpc) is 3.38. The summed E-state index contributed by atoms with van der Waals surface area (Å²) in [5, 5.41) is 7.88. The van der Waals surface area contributed by atoms with E-state index in [1.54, 1.807) is 0 Å². The summed E-state index contributed by atoms with van der Waals surface area (Å²) in [6, 6.07) is 33.3. The second-order valence-corrected chi connectivity index (χ2v) is 11.3. The molecule has 0 aliphatic heterocycles. The van der Waals surface area contributed by atoms with Crippen LogP contribution >= 0.6 is 12.2 Å².